The van der Waals surface area contributed by atoms with Crippen LogP contribution in [-0.4, -0.2) is 38.6 Å². The fourth-order valence-corrected chi connectivity index (χ4v) is 3.53. The smallest absolute Gasteiger partial charge is 0.257 e. The number of aliphatic imine (C=N–C) groups is 1. The number of hydrogen-bond acceptors (Lipinski definition) is 3. The molecule has 0 unspecified atom stereocenters. The third-order valence-electron chi connectivity index (χ3n) is 5.21. The molecule has 1 amide bonds. The van der Waals surface area contributed by atoms with E-state index >= 15 is 0 Å². The monoisotopic (exact) mass is 556 g/mol. The molecule has 2 aromatic carbocycles. The summed E-state index contributed by atoms with van der Waals surface area (Å²) in [7, 11) is 1.76. The Morgan fingerprint density at radius 1 is 1.13 bits per heavy atom. The van der Waals surface area contributed by atoms with Gasteiger partial charge in [-0.2, -0.15) is 0 Å². The molecule has 8 heteroatoms. The number of amides is 1. The van der Waals surface area contributed by atoms with E-state index in [4.69, 9.17) is 16.3 Å². The molecule has 3 N–H and O–H groups in total. The summed E-state index contributed by atoms with van der Waals surface area (Å²) in [4.78, 5) is 15.9. The van der Waals surface area contributed by atoms with Gasteiger partial charge in [0.1, 0.15) is 5.75 Å². The van der Waals surface area contributed by atoms with Crippen LogP contribution in [0.1, 0.15) is 30.9 Å². The average Bonchev–Trinajstić information content (AvgIpc) is 3.54. The zero-order chi connectivity index (χ0) is 21.4. The minimum absolute atomic E-state index is 0. The molecule has 1 aliphatic rings. The van der Waals surface area contributed by atoms with E-state index in [1.54, 1.807) is 7.05 Å². The van der Waals surface area contributed by atoms with Gasteiger partial charge >= 0.3 is 0 Å². The first-order valence-electron chi connectivity index (χ1n) is 10.2. The molecule has 1 fully saturated rings. The highest BCUT2D eigenvalue weighted by molar-refractivity contribution is 14.0. The van der Waals surface area contributed by atoms with Crippen LogP contribution in [-0.2, 0) is 16.8 Å². The average molecular weight is 557 g/mol. The lowest BCUT2D eigenvalue weighted by Crippen LogP contribution is -2.40. The molecule has 0 aliphatic heterocycles. The Morgan fingerprint density at radius 3 is 2.58 bits per heavy atom. The molecule has 1 aliphatic carbocycles. The molecule has 0 bridgehead atoms. The Hall–Kier alpha value is -2.00. The van der Waals surface area contributed by atoms with Crippen molar-refractivity contribution in [3.05, 3.63) is 64.7 Å². The minimum atomic E-state index is -0.126. The summed E-state index contributed by atoms with van der Waals surface area (Å²) in [5.41, 5.74) is 2.45. The molecule has 0 aromatic heterocycles. The third kappa shape index (κ3) is 7.57. The number of nitrogens with one attached hydrogen (secondary N) is 3. The SMILES string of the molecule is CCNC(=O)COc1cccc(CNC(=NC)NCC2(c3cccc(Cl)c3)CC2)c1.I. The number of benzene rings is 2. The van der Waals surface area contributed by atoms with Crippen molar-refractivity contribution in [1.29, 1.82) is 0 Å². The van der Waals surface area contributed by atoms with Crippen LogP contribution in [0.25, 0.3) is 0 Å². The van der Waals surface area contributed by atoms with Gasteiger partial charge in [-0.15, -0.1) is 24.0 Å². The van der Waals surface area contributed by atoms with Crippen LogP contribution < -0.4 is 20.7 Å². The van der Waals surface area contributed by atoms with Crippen LogP contribution in [0.2, 0.25) is 5.02 Å². The number of ether oxygens (including phenoxy) is 1. The number of halogens is 2. The van der Waals surface area contributed by atoms with E-state index in [9.17, 15) is 4.79 Å². The van der Waals surface area contributed by atoms with Crippen LogP contribution in [0, 0.1) is 0 Å². The molecular formula is C23H30ClIN4O2. The fourth-order valence-electron chi connectivity index (χ4n) is 3.34. The second-order valence-corrected chi connectivity index (χ2v) is 7.90. The summed E-state index contributed by atoms with van der Waals surface area (Å²) in [5.74, 6) is 1.29. The van der Waals surface area contributed by atoms with Crippen molar-refractivity contribution in [2.45, 2.75) is 31.7 Å². The summed E-state index contributed by atoms with van der Waals surface area (Å²) in [5, 5.41) is 10.3. The van der Waals surface area contributed by atoms with Crippen LogP contribution in [0.5, 0.6) is 5.75 Å². The van der Waals surface area contributed by atoms with E-state index in [1.807, 2.05) is 43.3 Å². The van der Waals surface area contributed by atoms with E-state index in [-0.39, 0.29) is 41.9 Å². The Bertz CT molecular complexity index is 903. The van der Waals surface area contributed by atoms with Gasteiger partial charge in [0.2, 0.25) is 0 Å². The zero-order valence-electron chi connectivity index (χ0n) is 17.9. The van der Waals surface area contributed by atoms with Crippen molar-refractivity contribution in [2.75, 3.05) is 26.7 Å². The van der Waals surface area contributed by atoms with Crippen molar-refractivity contribution in [3.63, 3.8) is 0 Å². The van der Waals surface area contributed by atoms with Crippen LogP contribution in [0.3, 0.4) is 0 Å². The number of hydrogen-bond donors (Lipinski definition) is 3. The van der Waals surface area contributed by atoms with E-state index in [0.717, 1.165) is 35.9 Å². The molecule has 0 heterocycles. The molecule has 1 saturated carbocycles. The van der Waals surface area contributed by atoms with Crippen molar-refractivity contribution in [1.82, 2.24) is 16.0 Å². The van der Waals surface area contributed by atoms with Gasteiger partial charge in [0.25, 0.3) is 5.91 Å². The van der Waals surface area contributed by atoms with Gasteiger partial charge in [-0.25, -0.2) is 0 Å². The first kappa shape index (κ1) is 25.3. The predicted molar refractivity (Wildman–Crippen MR) is 137 cm³/mol. The second-order valence-electron chi connectivity index (χ2n) is 7.46. The van der Waals surface area contributed by atoms with Gasteiger partial charge in [0.15, 0.2) is 12.6 Å². The van der Waals surface area contributed by atoms with E-state index < -0.39 is 0 Å². The highest BCUT2D eigenvalue weighted by atomic mass is 127. The lowest BCUT2D eigenvalue weighted by molar-refractivity contribution is -0.122. The Morgan fingerprint density at radius 2 is 1.90 bits per heavy atom. The molecular weight excluding hydrogens is 527 g/mol. The van der Waals surface area contributed by atoms with Gasteiger partial charge in [-0.05, 0) is 55.2 Å². The van der Waals surface area contributed by atoms with Crippen molar-refractivity contribution < 1.29 is 9.53 Å². The standard InChI is InChI=1S/C23H29ClN4O2.HI/c1-3-26-21(29)15-30-20-9-4-6-17(12-20)14-27-22(25-2)28-16-23(10-11-23)18-7-5-8-19(24)13-18;/h4-9,12-13H,3,10-11,14-16H2,1-2H3,(H,26,29)(H2,25,27,28);1H. The van der Waals surface area contributed by atoms with Crippen LogP contribution in [0.4, 0.5) is 0 Å². The number of likely N-dealkylation sites (N-methyl/N-ethyl adjacent to an activating group) is 1. The first-order valence-corrected chi connectivity index (χ1v) is 10.6. The van der Waals surface area contributed by atoms with Gasteiger partial charge in [-0.3, -0.25) is 9.79 Å². The molecule has 3 rings (SSSR count). The van der Waals surface area contributed by atoms with E-state index in [0.29, 0.717) is 18.8 Å². The predicted octanol–water partition coefficient (Wildman–Crippen LogP) is 3.87. The molecule has 0 radical (unpaired) electrons. The molecule has 6 nitrogen and oxygen atoms in total. The highest BCUT2D eigenvalue weighted by Gasteiger charge is 2.44. The van der Waals surface area contributed by atoms with Gasteiger partial charge in [0.05, 0.1) is 0 Å². The molecule has 2 aromatic rings. The number of carbonyl (C=O) groups is 1. The normalized spacial score (nSPS) is 14.2. The lowest BCUT2D eigenvalue weighted by Gasteiger charge is -2.19. The topological polar surface area (TPSA) is 74.8 Å². The Labute approximate surface area is 206 Å². The molecule has 0 spiro atoms. The first-order chi connectivity index (χ1) is 14.5. The fraction of sp³-hybridized carbons (Fsp3) is 0.391. The highest BCUT2D eigenvalue weighted by Crippen LogP contribution is 2.48. The van der Waals surface area contributed by atoms with Gasteiger partial charge in [0, 0.05) is 37.1 Å². The maximum Gasteiger partial charge on any atom is 0.257 e. The van der Waals surface area contributed by atoms with Crippen molar-refractivity contribution in [2.24, 2.45) is 4.99 Å². The number of guanidine groups is 1. The van der Waals surface area contributed by atoms with Crippen molar-refractivity contribution in [3.8, 4) is 5.75 Å². The number of nitrogens with zero attached hydrogens (tertiary/aromatic N) is 1. The summed E-state index contributed by atoms with van der Waals surface area (Å²) in [6, 6.07) is 15.8. The maximum absolute atomic E-state index is 11.6. The lowest BCUT2D eigenvalue weighted by atomic mass is 9.96. The minimum Gasteiger partial charge on any atom is -0.484 e. The molecule has 31 heavy (non-hydrogen) atoms. The summed E-state index contributed by atoms with van der Waals surface area (Å²) in [6.07, 6.45) is 2.28. The van der Waals surface area contributed by atoms with Crippen LogP contribution in [0.15, 0.2) is 53.5 Å². The molecule has 0 saturated heterocycles. The quantitative estimate of drug-likeness (QED) is 0.249. The van der Waals surface area contributed by atoms with Gasteiger partial charge < -0.3 is 20.7 Å². The van der Waals surface area contributed by atoms with E-state index in [2.05, 4.69) is 33.1 Å². The molecule has 0 atom stereocenters. The van der Waals surface area contributed by atoms with Crippen LogP contribution >= 0.6 is 35.6 Å². The largest absolute Gasteiger partial charge is 0.484 e. The van der Waals surface area contributed by atoms with Gasteiger partial charge in [-0.1, -0.05) is 35.9 Å². The molecule has 168 valence electrons. The zero-order valence-corrected chi connectivity index (χ0v) is 21.0. The maximum atomic E-state index is 11.6. The second kappa shape index (κ2) is 12.1. The van der Waals surface area contributed by atoms with Crippen molar-refractivity contribution >= 4 is 47.4 Å². The number of rotatable bonds is 9. The van der Waals surface area contributed by atoms with E-state index in [1.165, 1.54) is 5.56 Å². The third-order valence-corrected chi connectivity index (χ3v) is 5.45. The summed E-state index contributed by atoms with van der Waals surface area (Å²) in [6.45, 7) is 3.90. The number of carbonyl (C=O) groups excluding carboxylic acids is 1. The Balaban J connectivity index is 0.00000341. The summed E-state index contributed by atoms with van der Waals surface area (Å²) >= 11 is 6.17. The Kier molecular flexibility index (Phi) is 9.90. The summed E-state index contributed by atoms with van der Waals surface area (Å²) < 4.78 is 5.56.